The van der Waals surface area contributed by atoms with Gasteiger partial charge in [0.1, 0.15) is 10.1 Å². The average Bonchev–Trinajstić information content (AvgIpc) is 3.76. The number of nitrogens with one attached hydrogen (secondary N) is 2. The van der Waals surface area contributed by atoms with Crippen LogP contribution in [0.25, 0.3) is 43.1 Å². The van der Waals surface area contributed by atoms with Crippen molar-refractivity contribution in [1.29, 1.82) is 0 Å². The van der Waals surface area contributed by atoms with E-state index < -0.39 is 15.0 Å². The summed E-state index contributed by atoms with van der Waals surface area (Å²) >= 11 is 0. The monoisotopic (exact) mass is 675 g/mol. The van der Waals surface area contributed by atoms with Gasteiger partial charge in [0.2, 0.25) is 0 Å². The van der Waals surface area contributed by atoms with Crippen molar-refractivity contribution in [1.82, 2.24) is 19.9 Å². The number of fused-ring (bicyclic) bond motifs is 20. The number of hydrogen-bond donors (Lipinski definition) is 2. The molecule has 0 spiro atoms. The number of aromatic nitrogens is 4. The normalized spacial score (nSPS) is 12.5. The Balaban J connectivity index is 0.00000169. The van der Waals surface area contributed by atoms with Crippen molar-refractivity contribution in [2.24, 2.45) is 20.0 Å². The summed E-state index contributed by atoms with van der Waals surface area (Å²) in [7, 11) is -4.87. The van der Waals surface area contributed by atoms with Crippen molar-refractivity contribution in [3.05, 3.63) is 113 Å². The molecule has 5 heterocycles. The van der Waals surface area contributed by atoms with Gasteiger partial charge in [0.25, 0.3) is 0 Å². The summed E-state index contributed by atoms with van der Waals surface area (Å²) in [6, 6.07) is 27.4. The number of benzene rings is 4. The molecule has 0 saturated carbocycles. The topological polar surface area (TPSA) is 166 Å². The molecule has 11 nitrogen and oxygen atoms in total. The van der Waals surface area contributed by atoms with Crippen molar-refractivity contribution in [3.63, 3.8) is 0 Å². The fourth-order valence-electron chi connectivity index (χ4n) is 5.87. The van der Waals surface area contributed by atoms with Crippen LogP contribution in [0.15, 0.2) is 116 Å². The molecule has 0 unspecified atom stereocenters. The fourth-order valence-corrected chi connectivity index (χ4v) is 6.56. The summed E-state index contributed by atoms with van der Waals surface area (Å²) in [6.07, 6.45) is 0. The van der Waals surface area contributed by atoms with Crippen LogP contribution in [0.3, 0.4) is 0 Å². The molecule has 8 bridgehead atoms. The second-order valence-electron chi connectivity index (χ2n) is 10.4. The van der Waals surface area contributed by atoms with Crippen LogP contribution in [-0.2, 0) is 26.9 Å². The summed E-state index contributed by atoms with van der Waals surface area (Å²) in [5.41, 5.74) is 1.22. The molecule has 219 valence electrons. The Bertz CT molecular complexity index is 2880. The smallest absolute Gasteiger partial charge is 0.744 e. The predicted molar refractivity (Wildman–Crippen MR) is 162 cm³/mol. The maximum atomic E-state index is 12.4. The van der Waals surface area contributed by atoms with Crippen molar-refractivity contribution < 1.29 is 59.3 Å². The molecule has 1 aliphatic rings. The molecule has 1 aliphatic heterocycles. The summed E-state index contributed by atoms with van der Waals surface area (Å²) in [6.45, 7) is 0. The Hall–Kier alpha value is -4.34. The Kier molecular flexibility index (Phi) is 7.36. The molecule has 0 aliphatic carbocycles. The predicted octanol–water partition coefficient (Wildman–Crippen LogP) is 0.894. The van der Waals surface area contributed by atoms with Gasteiger partial charge in [-0.05, 0) is 22.2 Å². The van der Waals surface area contributed by atoms with E-state index in [0.717, 1.165) is 32.3 Å². The first-order valence-corrected chi connectivity index (χ1v) is 15.0. The largest absolute Gasteiger partial charge is 2.00 e. The van der Waals surface area contributed by atoms with E-state index in [1.54, 1.807) is 6.07 Å². The molecule has 46 heavy (non-hydrogen) atoms. The van der Waals surface area contributed by atoms with Crippen LogP contribution in [-0.4, -0.2) is 22.9 Å². The number of rotatable bonds is 1. The zero-order chi connectivity index (χ0) is 29.6. The van der Waals surface area contributed by atoms with E-state index in [1.165, 1.54) is 12.1 Å². The number of aromatic amines is 2. The van der Waals surface area contributed by atoms with Gasteiger partial charge in [-0.1, -0.05) is 84.9 Å². The molecule has 14 heteroatoms. The van der Waals surface area contributed by atoms with Gasteiger partial charge >= 0.3 is 46.3 Å². The summed E-state index contributed by atoms with van der Waals surface area (Å²) in [5, 5.41) is 5.22. The van der Waals surface area contributed by atoms with Gasteiger partial charge in [-0.2, -0.15) is 0 Å². The fraction of sp³-hybridized carbons (Fsp3) is 0. The van der Waals surface area contributed by atoms with E-state index in [2.05, 4.69) is 15.0 Å². The van der Waals surface area contributed by atoms with Gasteiger partial charge in [-0.15, -0.1) is 0 Å². The molecule has 2 N–H and O–H groups in total. The average molecular weight is 676 g/mol. The Morgan fingerprint density at radius 2 is 0.848 bits per heavy atom. The third-order valence-electron chi connectivity index (χ3n) is 7.81. The van der Waals surface area contributed by atoms with Crippen LogP contribution in [0.1, 0.15) is 0 Å². The first-order chi connectivity index (χ1) is 21.4. The zero-order valence-corrected chi connectivity index (χ0v) is 27.7. The number of H-pyrrole nitrogens is 2. The first-order valence-electron chi connectivity index (χ1n) is 13.6. The van der Waals surface area contributed by atoms with E-state index in [0.29, 0.717) is 39.6 Å². The second-order valence-corrected chi connectivity index (χ2v) is 11.7. The molecule has 0 atom stereocenters. The van der Waals surface area contributed by atoms with Gasteiger partial charge in [0.15, 0.2) is 0 Å². The maximum Gasteiger partial charge on any atom is 2.00 e. The van der Waals surface area contributed by atoms with Crippen LogP contribution >= 0.6 is 0 Å². The van der Waals surface area contributed by atoms with Crippen LogP contribution in [0.5, 0.6) is 0 Å². The van der Waals surface area contributed by atoms with Gasteiger partial charge in [-0.3, -0.25) is 0 Å². The molecule has 9 rings (SSSR count). The molecule has 0 saturated heterocycles. The molecule has 0 fully saturated rings. The molecule has 4 aromatic heterocycles. The Labute approximate surface area is 291 Å². The van der Waals surface area contributed by atoms with Crippen LogP contribution < -0.4 is 61.5 Å². The molecular formula is C32H17CoN8NaO3S. The minimum Gasteiger partial charge on any atom is -0.744 e. The van der Waals surface area contributed by atoms with Crippen molar-refractivity contribution in [2.45, 2.75) is 4.90 Å². The maximum absolute atomic E-state index is 12.4. The summed E-state index contributed by atoms with van der Waals surface area (Å²) in [5.74, 6) is 1.90. The van der Waals surface area contributed by atoms with E-state index in [4.69, 9.17) is 25.0 Å². The summed E-state index contributed by atoms with van der Waals surface area (Å²) < 4.78 is 37.2. The van der Waals surface area contributed by atoms with E-state index in [-0.39, 0.29) is 62.7 Å². The third-order valence-corrected chi connectivity index (χ3v) is 8.69. The molecule has 0 amide bonds. The molecule has 1 radical (unpaired) electrons. The first kappa shape index (κ1) is 30.3. The third kappa shape index (κ3) is 4.67. The van der Waals surface area contributed by atoms with Crippen molar-refractivity contribution in [2.75, 3.05) is 0 Å². The number of nitrogens with zero attached hydrogens (tertiary/aromatic N) is 6. The number of hydrogen-bond acceptors (Lipinski definition) is 7. The van der Waals surface area contributed by atoms with Gasteiger partial charge < -0.3 is 44.5 Å². The van der Waals surface area contributed by atoms with Gasteiger partial charge in [0, 0.05) is 48.9 Å². The molecular weight excluding hydrogens is 658 g/mol. The minimum absolute atomic E-state index is 0. The Morgan fingerprint density at radius 3 is 1.28 bits per heavy atom. The van der Waals surface area contributed by atoms with Crippen LogP contribution in [0.2, 0.25) is 0 Å². The molecule has 8 aromatic rings. The SMILES string of the molecule is O=S(=O)([O-])c1cccc2c3[n-]c(c12)=Nc1[nH]c(c2ccccc12)N=c1[n-]c(c2ccccc12)=Nc1[nH]c(c2ccccc12)N=3.[Co+2].[Na+]. The summed E-state index contributed by atoms with van der Waals surface area (Å²) in [4.78, 5) is 35.2. The van der Waals surface area contributed by atoms with Crippen LogP contribution in [0.4, 0.5) is 23.3 Å². The molecule has 4 aromatic carbocycles. The van der Waals surface area contributed by atoms with E-state index in [9.17, 15) is 13.0 Å². The zero-order valence-electron chi connectivity index (χ0n) is 23.8. The Morgan fingerprint density at radius 1 is 0.500 bits per heavy atom. The second kappa shape index (κ2) is 11.2. The minimum atomic E-state index is -4.87. The van der Waals surface area contributed by atoms with E-state index in [1.807, 2.05) is 72.8 Å². The van der Waals surface area contributed by atoms with Gasteiger partial charge in [-0.25, -0.2) is 8.42 Å². The standard InChI is InChI=1S/C32H18N8O3S.Co.Na/c41-44(42,43)23-15-7-14-22-24(23)32-39-30-21-13-6-5-12-20(21)28(37-30)35-26-17-9-2-1-8-16(17)25(33-26)34-27-18-10-3-4-11-19(18)29(36-27)38-31(22)40-32;;/h1-15H,(H3-2,33,34,35,36,37,38,39,40,41,42,43);;/q-2;+2;+1/p-1. The quantitative estimate of drug-likeness (QED) is 0.195. The van der Waals surface area contributed by atoms with Crippen LogP contribution in [0, 0.1) is 0 Å². The van der Waals surface area contributed by atoms with E-state index >= 15 is 0 Å². The van der Waals surface area contributed by atoms with Crippen molar-refractivity contribution >= 4 is 76.5 Å². The van der Waals surface area contributed by atoms with Crippen molar-refractivity contribution in [3.8, 4) is 0 Å². The van der Waals surface area contributed by atoms with Gasteiger partial charge in [0.05, 0.1) is 28.2 Å².